The number of anilines is 1. The van der Waals surface area contributed by atoms with E-state index in [1.54, 1.807) is 6.92 Å². The summed E-state index contributed by atoms with van der Waals surface area (Å²) >= 11 is 5.37. The number of halogens is 6. The minimum absolute atomic E-state index is 0.142. The first-order valence-corrected chi connectivity index (χ1v) is 13.4. The van der Waals surface area contributed by atoms with Gasteiger partial charge in [-0.2, -0.15) is 26.3 Å². The van der Waals surface area contributed by atoms with E-state index in [1.807, 2.05) is 0 Å². The average Bonchev–Trinajstić information content (AvgIpc) is 3.56. The van der Waals surface area contributed by atoms with Crippen molar-refractivity contribution in [2.75, 3.05) is 25.0 Å². The van der Waals surface area contributed by atoms with Crippen molar-refractivity contribution in [1.82, 2.24) is 15.2 Å². The molecule has 0 spiro atoms. The monoisotopic (exact) mass is 609 g/mol. The van der Waals surface area contributed by atoms with Crippen molar-refractivity contribution in [3.63, 3.8) is 0 Å². The van der Waals surface area contributed by atoms with Gasteiger partial charge in [0.2, 0.25) is 0 Å². The van der Waals surface area contributed by atoms with Gasteiger partial charge in [-0.15, -0.1) is 0 Å². The number of hydrogen-bond donors (Lipinski definition) is 3. The number of aliphatic hydroxyl groups is 1. The Hall–Kier alpha value is -2.81. The number of nitrogens with zero attached hydrogens (tertiary/aromatic N) is 3. The van der Waals surface area contributed by atoms with E-state index in [-0.39, 0.29) is 31.1 Å². The van der Waals surface area contributed by atoms with Crippen LogP contribution in [-0.4, -0.2) is 80.9 Å². The fourth-order valence-electron chi connectivity index (χ4n) is 4.42. The first-order valence-electron chi connectivity index (χ1n) is 13.0. The third-order valence-electron chi connectivity index (χ3n) is 7.19. The van der Waals surface area contributed by atoms with E-state index in [2.05, 4.69) is 20.6 Å². The number of hydrogen-bond acceptors (Lipinski definition) is 7. The zero-order valence-corrected chi connectivity index (χ0v) is 23.9. The molecule has 2 fully saturated rings. The molecule has 2 heterocycles. The van der Waals surface area contributed by atoms with Gasteiger partial charge < -0.3 is 20.6 Å². The Morgan fingerprint density at radius 1 is 1.24 bits per heavy atom. The number of carbonyl (C=O) groups is 2. The maximum absolute atomic E-state index is 14.2. The van der Waals surface area contributed by atoms with Crippen molar-refractivity contribution >= 4 is 40.4 Å². The largest absolute Gasteiger partial charge is 0.417 e. The van der Waals surface area contributed by atoms with Gasteiger partial charge in [0.1, 0.15) is 5.82 Å². The third kappa shape index (κ3) is 7.93. The predicted molar refractivity (Wildman–Crippen MR) is 144 cm³/mol. The number of aromatic nitrogens is 1. The van der Waals surface area contributed by atoms with E-state index in [0.29, 0.717) is 25.5 Å². The van der Waals surface area contributed by atoms with Crippen LogP contribution in [0, 0.1) is 5.41 Å². The Morgan fingerprint density at radius 3 is 2.37 bits per heavy atom. The van der Waals surface area contributed by atoms with Crippen molar-refractivity contribution in [1.29, 1.82) is 0 Å². The first-order chi connectivity index (χ1) is 18.8. The lowest BCUT2D eigenvalue weighted by Crippen LogP contribution is -2.45. The van der Waals surface area contributed by atoms with Crippen LogP contribution in [0.15, 0.2) is 17.3 Å². The molecule has 41 heavy (non-hydrogen) atoms. The summed E-state index contributed by atoms with van der Waals surface area (Å²) in [7, 11) is 0. The predicted octanol–water partition coefficient (Wildman–Crippen LogP) is 4.30. The number of aliphatic imine (C=N–C) groups is 1. The SMILES string of the molecule is CC(=NC(C(=O)N1CCC[C@@H]1C)C(=S)c1cnc(NCC2(C(F)(F)F)CC2)cc1C(F)(F)F)C(=O)NCC(C)(C)O. The number of pyridine rings is 1. The summed E-state index contributed by atoms with van der Waals surface area (Å²) in [6.07, 6.45) is -7.71. The van der Waals surface area contributed by atoms with E-state index in [4.69, 9.17) is 12.2 Å². The second kappa shape index (κ2) is 11.8. The maximum Gasteiger partial charge on any atom is 0.417 e. The molecule has 1 aliphatic carbocycles. The molecule has 0 bridgehead atoms. The summed E-state index contributed by atoms with van der Waals surface area (Å²) < 4.78 is 82.4. The molecule has 2 aliphatic rings. The van der Waals surface area contributed by atoms with Gasteiger partial charge in [-0.25, -0.2) is 4.98 Å². The third-order valence-corrected chi connectivity index (χ3v) is 7.63. The van der Waals surface area contributed by atoms with Crippen molar-refractivity contribution in [2.24, 2.45) is 10.4 Å². The highest BCUT2D eigenvalue weighted by Gasteiger charge is 2.63. The summed E-state index contributed by atoms with van der Waals surface area (Å²) in [6, 6.07) is -1.36. The van der Waals surface area contributed by atoms with Gasteiger partial charge in [-0.05, 0) is 59.4 Å². The Bertz CT molecular complexity index is 1210. The molecule has 1 saturated heterocycles. The topological polar surface area (TPSA) is 107 Å². The van der Waals surface area contributed by atoms with Crippen molar-refractivity contribution in [2.45, 2.75) is 83.4 Å². The fourth-order valence-corrected chi connectivity index (χ4v) is 4.74. The summed E-state index contributed by atoms with van der Waals surface area (Å²) in [5.41, 5.74) is -5.46. The number of alkyl halides is 6. The van der Waals surface area contributed by atoms with Gasteiger partial charge >= 0.3 is 12.4 Å². The lowest BCUT2D eigenvalue weighted by molar-refractivity contribution is -0.182. The highest BCUT2D eigenvalue weighted by atomic mass is 32.1. The van der Waals surface area contributed by atoms with Crippen LogP contribution < -0.4 is 10.6 Å². The molecule has 0 aromatic carbocycles. The van der Waals surface area contributed by atoms with Crippen LogP contribution in [-0.2, 0) is 15.8 Å². The van der Waals surface area contributed by atoms with Crippen LogP contribution in [0.4, 0.5) is 32.2 Å². The van der Waals surface area contributed by atoms with Gasteiger partial charge in [-0.1, -0.05) is 12.2 Å². The van der Waals surface area contributed by atoms with Gasteiger partial charge in [-0.3, -0.25) is 14.6 Å². The standard InChI is InChI=1S/C26H33F6N5O3S/c1-14-6-5-9-37(14)22(39)19(36-15(2)21(38)35-12-23(3,4)40)20(41)16-11-33-18(10-17(16)25(27,28)29)34-13-24(7-8-24)26(30,31)32/h10-11,14,19,40H,5-9,12-13H2,1-4H3,(H,33,34)(H,35,38)/t14-,19?/m0/s1. The molecular formula is C26H33F6N5O3S. The summed E-state index contributed by atoms with van der Waals surface area (Å²) in [5, 5.41) is 14.7. The number of thiocarbonyl (C=S) groups is 1. The second-order valence-corrected chi connectivity index (χ2v) is 11.7. The van der Waals surface area contributed by atoms with Crippen molar-refractivity contribution < 1.29 is 41.0 Å². The highest BCUT2D eigenvalue weighted by molar-refractivity contribution is 7.81. The molecule has 1 unspecified atom stereocenters. The van der Waals surface area contributed by atoms with Crippen LogP contribution in [0.5, 0.6) is 0 Å². The van der Waals surface area contributed by atoms with Gasteiger partial charge in [0.25, 0.3) is 11.8 Å². The average molecular weight is 610 g/mol. The van der Waals surface area contributed by atoms with Crippen LogP contribution in [0.1, 0.15) is 64.5 Å². The minimum atomic E-state index is -5.00. The van der Waals surface area contributed by atoms with Crippen LogP contribution >= 0.6 is 12.2 Å². The molecule has 3 N–H and O–H groups in total. The molecule has 1 aliphatic heterocycles. The molecule has 1 aromatic heterocycles. The minimum Gasteiger partial charge on any atom is -0.389 e. The van der Waals surface area contributed by atoms with E-state index >= 15 is 0 Å². The fraction of sp³-hybridized carbons (Fsp3) is 0.654. The van der Waals surface area contributed by atoms with E-state index in [9.17, 15) is 41.0 Å². The summed E-state index contributed by atoms with van der Waals surface area (Å²) in [6.45, 7) is 5.47. The van der Waals surface area contributed by atoms with Crippen molar-refractivity contribution in [3.05, 3.63) is 23.4 Å². The van der Waals surface area contributed by atoms with Crippen molar-refractivity contribution in [3.8, 4) is 0 Å². The van der Waals surface area contributed by atoms with E-state index in [1.165, 1.54) is 25.7 Å². The van der Waals surface area contributed by atoms with Gasteiger partial charge in [0.15, 0.2) is 6.04 Å². The highest BCUT2D eigenvalue weighted by Crippen LogP contribution is 2.57. The molecule has 2 amide bonds. The second-order valence-electron chi connectivity index (χ2n) is 11.2. The zero-order valence-electron chi connectivity index (χ0n) is 23.0. The molecule has 3 rings (SSSR count). The lowest BCUT2D eigenvalue weighted by atomic mass is 10.00. The lowest BCUT2D eigenvalue weighted by Gasteiger charge is -2.27. The molecule has 0 radical (unpaired) electrons. The quantitative estimate of drug-likeness (QED) is 0.158. The summed E-state index contributed by atoms with van der Waals surface area (Å²) in [4.78, 5) is 35.0. The molecule has 228 valence electrons. The number of amides is 2. The summed E-state index contributed by atoms with van der Waals surface area (Å²) in [5.74, 6) is -1.87. The maximum atomic E-state index is 14.2. The Balaban J connectivity index is 1.97. The van der Waals surface area contributed by atoms with E-state index < -0.39 is 69.6 Å². The van der Waals surface area contributed by atoms with E-state index in [0.717, 1.165) is 6.20 Å². The smallest absolute Gasteiger partial charge is 0.389 e. The molecule has 1 aromatic rings. The number of rotatable bonds is 10. The van der Waals surface area contributed by atoms with Crippen LogP contribution in [0.3, 0.4) is 0 Å². The Labute approximate surface area is 239 Å². The number of likely N-dealkylation sites (tertiary alicyclic amines) is 1. The van der Waals surface area contributed by atoms with Crippen LogP contribution in [0.25, 0.3) is 0 Å². The van der Waals surface area contributed by atoms with Gasteiger partial charge in [0, 0.05) is 37.4 Å². The molecule has 1 saturated carbocycles. The zero-order chi connectivity index (χ0) is 31.0. The Kier molecular flexibility index (Phi) is 9.43. The van der Waals surface area contributed by atoms with Gasteiger partial charge in [0.05, 0.1) is 27.2 Å². The number of nitrogens with one attached hydrogen (secondary N) is 2. The molecular weight excluding hydrogens is 576 g/mol. The molecule has 8 nitrogen and oxygen atoms in total. The number of carbonyl (C=O) groups excluding carboxylic acids is 2. The Morgan fingerprint density at radius 2 is 1.88 bits per heavy atom. The normalized spacial score (nSPS) is 20.0. The molecule has 2 atom stereocenters. The molecule has 15 heteroatoms. The first kappa shape index (κ1) is 32.7. The van der Waals surface area contributed by atoms with Crippen LogP contribution in [0.2, 0.25) is 0 Å².